The van der Waals surface area contributed by atoms with Crippen LogP contribution in [0.4, 0.5) is 0 Å². The lowest BCUT2D eigenvalue weighted by Crippen LogP contribution is -2.29. The maximum absolute atomic E-state index is 9.29. The molecule has 68 valence electrons. The number of aliphatic hydroxyl groups is 2. The fourth-order valence-corrected chi connectivity index (χ4v) is 1.96. The minimum Gasteiger partial charge on any atom is -0.395 e. The highest BCUT2D eigenvalue weighted by atomic mass is 16.6. The first-order chi connectivity index (χ1) is 5.81. The predicted octanol–water partition coefficient (Wildman–Crippen LogP) is -2.32. The Balaban J connectivity index is 1.65. The Bertz CT molecular complexity index is 213. The second-order valence-corrected chi connectivity index (χ2v) is 3.66. The quantitative estimate of drug-likeness (QED) is 0.408. The molecule has 0 aromatic heterocycles. The summed E-state index contributed by atoms with van der Waals surface area (Å²) in [6, 6.07) is 0.607. The third kappa shape index (κ3) is 0.855. The second-order valence-electron chi connectivity index (χ2n) is 3.66. The van der Waals surface area contributed by atoms with Crippen LogP contribution >= 0.6 is 0 Å². The molecule has 0 aromatic rings. The number of fused-ring (bicyclic) bond motifs is 1. The highest BCUT2D eigenvalue weighted by Gasteiger charge is 2.59. The summed E-state index contributed by atoms with van der Waals surface area (Å²) in [5.74, 6) is 0. The predicted molar refractivity (Wildman–Crippen MR) is 39.2 cm³/mol. The van der Waals surface area contributed by atoms with Gasteiger partial charge in [0.05, 0.1) is 18.7 Å². The van der Waals surface area contributed by atoms with Crippen LogP contribution in [-0.2, 0) is 4.74 Å². The molecule has 5 heteroatoms. The Kier molecular flexibility index (Phi) is 1.31. The topological polar surface area (TPSA) is 74.6 Å². The van der Waals surface area contributed by atoms with Crippen molar-refractivity contribution in [1.29, 1.82) is 0 Å². The maximum atomic E-state index is 9.29. The average molecular weight is 172 g/mol. The van der Waals surface area contributed by atoms with Crippen molar-refractivity contribution in [3.63, 3.8) is 0 Å². The van der Waals surface area contributed by atoms with Crippen molar-refractivity contribution in [3.05, 3.63) is 0 Å². The number of ether oxygens (including phenoxy) is 1. The van der Waals surface area contributed by atoms with E-state index in [0.717, 1.165) is 6.54 Å². The van der Waals surface area contributed by atoms with Gasteiger partial charge >= 0.3 is 0 Å². The van der Waals surface area contributed by atoms with E-state index < -0.39 is 6.29 Å². The summed E-state index contributed by atoms with van der Waals surface area (Å²) < 4.78 is 5.29. The third-order valence-corrected chi connectivity index (χ3v) is 2.86. The van der Waals surface area contributed by atoms with Crippen LogP contribution < -0.4 is 5.32 Å². The molecule has 0 bridgehead atoms. The van der Waals surface area contributed by atoms with Gasteiger partial charge in [-0.3, -0.25) is 4.90 Å². The fraction of sp³-hybridized carbons (Fsp3) is 1.00. The van der Waals surface area contributed by atoms with Crippen molar-refractivity contribution >= 4 is 0 Å². The zero-order chi connectivity index (χ0) is 8.29. The molecule has 0 aliphatic carbocycles. The molecule has 0 spiro atoms. The first-order valence-corrected chi connectivity index (χ1v) is 4.27. The van der Waals surface area contributed by atoms with Gasteiger partial charge < -0.3 is 20.3 Å². The number of aliphatic hydroxyl groups excluding tert-OH is 2. The fourth-order valence-electron chi connectivity index (χ4n) is 1.96. The van der Waals surface area contributed by atoms with Gasteiger partial charge in [0.1, 0.15) is 6.23 Å². The summed E-state index contributed by atoms with van der Waals surface area (Å²) in [7, 11) is 0. The van der Waals surface area contributed by atoms with Crippen LogP contribution in [-0.4, -0.2) is 58.9 Å². The lowest BCUT2D eigenvalue weighted by molar-refractivity contribution is -0.112. The first-order valence-electron chi connectivity index (χ1n) is 4.27. The van der Waals surface area contributed by atoms with E-state index in [0.29, 0.717) is 0 Å². The molecule has 6 unspecified atom stereocenters. The Morgan fingerprint density at radius 2 is 2.42 bits per heavy atom. The Hall–Kier alpha value is -0.200. The van der Waals surface area contributed by atoms with Gasteiger partial charge in [0.15, 0.2) is 6.29 Å². The van der Waals surface area contributed by atoms with Gasteiger partial charge in [0, 0.05) is 12.6 Å². The van der Waals surface area contributed by atoms with Crippen molar-refractivity contribution < 1.29 is 14.9 Å². The van der Waals surface area contributed by atoms with E-state index in [-0.39, 0.29) is 31.0 Å². The molecule has 5 nitrogen and oxygen atoms in total. The SMILES string of the molecule is OCC1NC1C1OC(O)C2CN21. The van der Waals surface area contributed by atoms with Gasteiger partial charge in [-0.15, -0.1) is 0 Å². The standard InChI is InChI=1S/C7H12N2O3/c10-2-3-5(8-3)6-9-1-4(9)7(11)12-6/h3-8,10-11H,1-2H2. The van der Waals surface area contributed by atoms with Crippen LogP contribution in [0.3, 0.4) is 0 Å². The normalized spacial score (nSPS) is 61.5. The van der Waals surface area contributed by atoms with Crippen LogP contribution in [0, 0.1) is 0 Å². The van der Waals surface area contributed by atoms with Gasteiger partial charge in [-0.1, -0.05) is 0 Å². The number of nitrogens with one attached hydrogen (secondary N) is 1. The van der Waals surface area contributed by atoms with Crippen LogP contribution in [0.2, 0.25) is 0 Å². The lowest BCUT2D eigenvalue weighted by atomic mass is 10.3. The summed E-state index contributed by atoms with van der Waals surface area (Å²) in [4.78, 5) is 2.11. The van der Waals surface area contributed by atoms with Crippen molar-refractivity contribution in [2.24, 2.45) is 0 Å². The number of hydrogen-bond acceptors (Lipinski definition) is 5. The molecule has 0 radical (unpaired) electrons. The zero-order valence-electron chi connectivity index (χ0n) is 6.55. The summed E-state index contributed by atoms with van der Waals surface area (Å²) in [5.41, 5.74) is 0. The molecule has 6 atom stereocenters. The van der Waals surface area contributed by atoms with E-state index in [2.05, 4.69) is 10.2 Å². The van der Waals surface area contributed by atoms with Crippen LogP contribution in [0.5, 0.6) is 0 Å². The molecule has 3 heterocycles. The van der Waals surface area contributed by atoms with Crippen LogP contribution in [0.25, 0.3) is 0 Å². The van der Waals surface area contributed by atoms with Crippen molar-refractivity contribution in [1.82, 2.24) is 10.2 Å². The van der Waals surface area contributed by atoms with Crippen molar-refractivity contribution in [2.75, 3.05) is 13.2 Å². The molecular weight excluding hydrogens is 160 g/mol. The monoisotopic (exact) mass is 172 g/mol. The molecule has 3 fully saturated rings. The average Bonchev–Trinajstić information content (AvgIpc) is 2.96. The number of nitrogens with zero attached hydrogens (tertiary/aromatic N) is 1. The molecule has 3 rings (SSSR count). The molecule has 3 aliphatic rings. The second kappa shape index (κ2) is 2.18. The maximum Gasteiger partial charge on any atom is 0.173 e. The van der Waals surface area contributed by atoms with Gasteiger partial charge in [0.2, 0.25) is 0 Å². The minimum atomic E-state index is -0.614. The number of hydrogen-bond donors (Lipinski definition) is 3. The van der Waals surface area contributed by atoms with Gasteiger partial charge in [-0.05, 0) is 0 Å². The van der Waals surface area contributed by atoms with Crippen LogP contribution in [0.15, 0.2) is 0 Å². The summed E-state index contributed by atoms with van der Waals surface area (Å²) in [6.45, 7) is 1.08. The van der Waals surface area contributed by atoms with E-state index in [9.17, 15) is 5.11 Å². The largest absolute Gasteiger partial charge is 0.395 e. The zero-order valence-corrected chi connectivity index (χ0v) is 6.55. The highest BCUT2D eigenvalue weighted by molar-refractivity contribution is 5.11. The Morgan fingerprint density at radius 1 is 1.58 bits per heavy atom. The van der Waals surface area contributed by atoms with E-state index in [1.165, 1.54) is 0 Å². The molecule has 0 amide bonds. The van der Waals surface area contributed by atoms with Gasteiger partial charge in [0.25, 0.3) is 0 Å². The minimum absolute atomic E-state index is 0.0119. The van der Waals surface area contributed by atoms with Crippen molar-refractivity contribution in [2.45, 2.75) is 30.6 Å². The summed E-state index contributed by atoms with van der Waals surface area (Å²) >= 11 is 0. The van der Waals surface area contributed by atoms with E-state index in [1.807, 2.05) is 0 Å². The van der Waals surface area contributed by atoms with Gasteiger partial charge in [-0.2, -0.15) is 0 Å². The lowest BCUT2D eigenvalue weighted by Gasteiger charge is -2.12. The van der Waals surface area contributed by atoms with Crippen molar-refractivity contribution in [3.8, 4) is 0 Å². The molecule has 0 aromatic carbocycles. The first kappa shape index (κ1) is 7.23. The smallest absolute Gasteiger partial charge is 0.173 e. The van der Waals surface area contributed by atoms with E-state index in [4.69, 9.17) is 9.84 Å². The van der Waals surface area contributed by atoms with E-state index in [1.54, 1.807) is 0 Å². The Labute approximate surface area is 69.9 Å². The molecule has 0 saturated carbocycles. The van der Waals surface area contributed by atoms with Crippen LogP contribution in [0.1, 0.15) is 0 Å². The third-order valence-electron chi connectivity index (χ3n) is 2.86. The highest BCUT2D eigenvalue weighted by Crippen LogP contribution is 2.38. The molecule has 3 aliphatic heterocycles. The number of rotatable bonds is 2. The Morgan fingerprint density at radius 3 is 2.83 bits per heavy atom. The molecule has 3 N–H and O–H groups in total. The summed E-state index contributed by atoms with van der Waals surface area (Å²) in [5, 5.41) is 21.2. The van der Waals surface area contributed by atoms with Gasteiger partial charge in [-0.25, -0.2) is 0 Å². The molecule has 12 heavy (non-hydrogen) atoms. The van der Waals surface area contributed by atoms with E-state index >= 15 is 0 Å². The summed E-state index contributed by atoms with van der Waals surface area (Å²) in [6.07, 6.45) is -0.626. The molecule has 3 saturated heterocycles. The molecular formula is C7H12N2O3.